The van der Waals surface area contributed by atoms with Gasteiger partial charge < -0.3 is 10.8 Å². The van der Waals surface area contributed by atoms with E-state index in [1.54, 1.807) is 34.9 Å². The lowest BCUT2D eigenvalue weighted by Gasteiger charge is -2.01. The van der Waals surface area contributed by atoms with E-state index >= 15 is 0 Å². The number of benzene rings is 1. The van der Waals surface area contributed by atoms with Crippen molar-refractivity contribution in [2.45, 2.75) is 0 Å². The number of nitrogen functional groups attached to an aromatic ring is 1. The van der Waals surface area contributed by atoms with Crippen LogP contribution in [0.4, 0.5) is 5.69 Å². The van der Waals surface area contributed by atoms with Gasteiger partial charge in [0, 0.05) is 23.5 Å². The van der Waals surface area contributed by atoms with E-state index in [1.165, 1.54) is 12.1 Å². The zero-order valence-electron chi connectivity index (χ0n) is 9.82. The number of anilines is 1. The van der Waals surface area contributed by atoms with Crippen molar-refractivity contribution in [2.24, 2.45) is 0 Å². The molecule has 2 heterocycles. The number of carbonyl (C=O) groups is 1. The molecule has 3 rings (SSSR count). The molecule has 0 bridgehead atoms. The fraction of sp³-hybridized carbons (Fsp3) is 0. The van der Waals surface area contributed by atoms with Gasteiger partial charge in [-0.1, -0.05) is 12.1 Å². The second-order valence-corrected chi connectivity index (χ2v) is 4.09. The van der Waals surface area contributed by atoms with Crippen molar-refractivity contribution in [3.8, 4) is 11.4 Å². The van der Waals surface area contributed by atoms with Gasteiger partial charge in [-0.2, -0.15) is 0 Å². The largest absolute Gasteiger partial charge is 0.478 e. The molecular weight excluding hydrogens is 244 g/mol. The highest BCUT2D eigenvalue weighted by atomic mass is 16.4. The summed E-state index contributed by atoms with van der Waals surface area (Å²) in [6.07, 6.45) is 1.78. The lowest BCUT2D eigenvalue weighted by Crippen LogP contribution is -1.96. The summed E-state index contributed by atoms with van der Waals surface area (Å²) in [4.78, 5) is 10.8. The van der Waals surface area contributed by atoms with Gasteiger partial charge in [-0.05, 0) is 18.2 Å². The maximum atomic E-state index is 10.8. The highest BCUT2D eigenvalue weighted by Gasteiger charge is 2.09. The van der Waals surface area contributed by atoms with Crippen LogP contribution in [0.15, 0.2) is 42.6 Å². The molecule has 0 unspecified atom stereocenters. The second kappa shape index (κ2) is 4.09. The Morgan fingerprint density at radius 1 is 1.16 bits per heavy atom. The molecule has 0 aliphatic rings. The highest BCUT2D eigenvalue weighted by Crippen LogP contribution is 2.19. The maximum Gasteiger partial charge on any atom is 0.335 e. The number of nitrogens with zero attached hydrogens (tertiary/aromatic N) is 3. The van der Waals surface area contributed by atoms with Crippen molar-refractivity contribution in [2.75, 3.05) is 5.73 Å². The predicted molar refractivity (Wildman–Crippen MR) is 69.8 cm³/mol. The predicted octanol–water partition coefficient (Wildman–Crippen LogP) is 1.68. The molecule has 3 aromatic rings. The van der Waals surface area contributed by atoms with Gasteiger partial charge in [0.05, 0.1) is 5.56 Å². The van der Waals surface area contributed by atoms with Crippen LogP contribution in [0.5, 0.6) is 0 Å². The summed E-state index contributed by atoms with van der Waals surface area (Å²) in [6.45, 7) is 0. The number of aromatic nitrogens is 3. The summed E-state index contributed by atoms with van der Waals surface area (Å²) < 4.78 is 1.80. The van der Waals surface area contributed by atoms with Crippen LogP contribution in [0.1, 0.15) is 10.4 Å². The summed E-state index contributed by atoms with van der Waals surface area (Å²) in [5, 5.41) is 17.0. The molecule has 0 amide bonds. The van der Waals surface area contributed by atoms with Crippen LogP contribution >= 0.6 is 0 Å². The van der Waals surface area contributed by atoms with Gasteiger partial charge in [-0.25, -0.2) is 4.79 Å². The third-order valence-electron chi connectivity index (χ3n) is 2.82. The first-order chi connectivity index (χ1) is 9.15. The minimum atomic E-state index is -0.953. The van der Waals surface area contributed by atoms with Gasteiger partial charge in [0.2, 0.25) is 0 Å². The van der Waals surface area contributed by atoms with Crippen molar-refractivity contribution >= 4 is 17.3 Å². The van der Waals surface area contributed by atoms with Crippen LogP contribution in [0, 0.1) is 0 Å². The number of carboxylic acid groups (broad SMARTS) is 1. The van der Waals surface area contributed by atoms with E-state index in [9.17, 15) is 4.79 Å². The van der Waals surface area contributed by atoms with Crippen LogP contribution in [-0.4, -0.2) is 25.7 Å². The van der Waals surface area contributed by atoms with Crippen LogP contribution in [-0.2, 0) is 0 Å². The number of hydrogen-bond acceptors (Lipinski definition) is 4. The third kappa shape index (κ3) is 1.89. The average molecular weight is 254 g/mol. The molecule has 0 aliphatic heterocycles. The SMILES string of the molecule is Nc1ccn2c(-c3ccc(C(=O)O)cc3)nnc2c1. The van der Waals surface area contributed by atoms with Crippen LogP contribution in [0.25, 0.3) is 17.0 Å². The molecule has 0 aliphatic carbocycles. The molecule has 2 aromatic heterocycles. The number of pyridine rings is 1. The van der Waals surface area contributed by atoms with Crippen molar-refractivity contribution in [3.05, 3.63) is 48.2 Å². The van der Waals surface area contributed by atoms with E-state index < -0.39 is 5.97 Å². The van der Waals surface area contributed by atoms with Gasteiger partial charge in [0.25, 0.3) is 0 Å². The lowest BCUT2D eigenvalue weighted by atomic mass is 10.1. The summed E-state index contributed by atoms with van der Waals surface area (Å²) in [6, 6.07) is 9.96. The van der Waals surface area contributed by atoms with Crippen molar-refractivity contribution < 1.29 is 9.90 Å². The monoisotopic (exact) mass is 254 g/mol. The minimum absolute atomic E-state index is 0.238. The Labute approximate surface area is 108 Å². The van der Waals surface area contributed by atoms with E-state index in [0.29, 0.717) is 17.2 Å². The molecule has 3 N–H and O–H groups in total. The van der Waals surface area contributed by atoms with E-state index in [0.717, 1.165) is 5.56 Å². The van der Waals surface area contributed by atoms with E-state index in [4.69, 9.17) is 10.8 Å². The maximum absolute atomic E-state index is 10.8. The fourth-order valence-electron chi connectivity index (χ4n) is 1.87. The topological polar surface area (TPSA) is 93.5 Å². The summed E-state index contributed by atoms with van der Waals surface area (Å²) in [7, 11) is 0. The number of nitrogens with two attached hydrogens (primary N) is 1. The standard InChI is InChI=1S/C13H10N4O2/c14-10-5-6-17-11(7-10)15-16-12(17)8-1-3-9(4-2-8)13(18)19/h1-7H,14H2,(H,18,19). The van der Waals surface area contributed by atoms with Crippen molar-refractivity contribution in [3.63, 3.8) is 0 Å². The lowest BCUT2D eigenvalue weighted by molar-refractivity contribution is 0.0697. The second-order valence-electron chi connectivity index (χ2n) is 4.09. The number of hydrogen-bond donors (Lipinski definition) is 2. The number of rotatable bonds is 2. The average Bonchev–Trinajstić information content (AvgIpc) is 2.81. The quantitative estimate of drug-likeness (QED) is 0.725. The molecule has 0 fully saturated rings. The van der Waals surface area contributed by atoms with Crippen LogP contribution in [0.3, 0.4) is 0 Å². The zero-order valence-corrected chi connectivity index (χ0v) is 9.82. The van der Waals surface area contributed by atoms with Crippen LogP contribution in [0.2, 0.25) is 0 Å². The van der Waals surface area contributed by atoms with E-state index in [2.05, 4.69) is 10.2 Å². The van der Waals surface area contributed by atoms with Gasteiger partial charge in [0.1, 0.15) is 0 Å². The summed E-state index contributed by atoms with van der Waals surface area (Å²) in [5.41, 5.74) is 7.98. The molecule has 19 heavy (non-hydrogen) atoms. The number of fused-ring (bicyclic) bond motifs is 1. The molecule has 0 saturated carbocycles. The van der Waals surface area contributed by atoms with E-state index in [-0.39, 0.29) is 5.56 Å². The number of aromatic carboxylic acids is 1. The molecule has 0 radical (unpaired) electrons. The van der Waals surface area contributed by atoms with Gasteiger partial charge >= 0.3 is 5.97 Å². The molecule has 6 nitrogen and oxygen atoms in total. The molecule has 6 heteroatoms. The molecule has 0 atom stereocenters. The smallest absolute Gasteiger partial charge is 0.335 e. The zero-order chi connectivity index (χ0) is 13.4. The van der Waals surface area contributed by atoms with Gasteiger partial charge in [-0.3, -0.25) is 4.40 Å². The first-order valence-corrected chi connectivity index (χ1v) is 5.59. The van der Waals surface area contributed by atoms with Crippen LogP contribution < -0.4 is 5.73 Å². The van der Waals surface area contributed by atoms with Gasteiger partial charge in [-0.15, -0.1) is 10.2 Å². The summed E-state index contributed by atoms with van der Waals surface area (Å²) in [5.74, 6) is -0.308. The Hall–Kier alpha value is -2.89. The molecule has 0 saturated heterocycles. The molecule has 1 aromatic carbocycles. The molecule has 94 valence electrons. The number of carboxylic acids is 1. The van der Waals surface area contributed by atoms with Crippen molar-refractivity contribution in [1.82, 2.24) is 14.6 Å². The Bertz CT molecular complexity index is 762. The summed E-state index contributed by atoms with van der Waals surface area (Å²) >= 11 is 0. The first-order valence-electron chi connectivity index (χ1n) is 5.59. The molecular formula is C13H10N4O2. The first kappa shape index (κ1) is 11.2. The Morgan fingerprint density at radius 3 is 2.58 bits per heavy atom. The normalized spacial score (nSPS) is 10.7. The molecule has 0 spiro atoms. The Kier molecular flexibility index (Phi) is 2.42. The Balaban J connectivity index is 2.11. The minimum Gasteiger partial charge on any atom is -0.478 e. The third-order valence-corrected chi connectivity index (χ3v) is 2.82. The van der Waals surface area contributed by atoms with E-state index in [1.807, 2.05) is 0 Å². The Morgan fingerprint density at radius 2 is 1.89 bits per heavy atom. The highest BCUT2D eigenvalue weighted by molar-refractivity contribution is 5.88. The van der Waals surface area contributed by atoms with Gasteiger partial charge in [0.15, 0.2) is 11.5 Å². The van der Waals surface area contributed by atoms with Crippen molar-refractivity contribution in [1.29, 1.82) is 0 Å². The fourth-order valence-corrected chi connectivity index (χ4v) is 1.87.